The van der Waals surface area contributed by atoms with E-state index in [9.17, 15) is 4.79 Å². The summed E-state index contributed by atoms with van der Waals surface area (Å²) in [6.45, 7) is 8.00. The van der Waals surface area contributed by atoms with Crippen molar-refractivity contribution < 1.29 is 9.53 Å². The topological polar surface area (TPSA) is 64.1 Å². The van der Waals surface area contributed by atoms with Crippen molar-refractivity contribution in [3.05, 3.63) is 29.3 Å². The molecule has 1 N–H and O–H groups in total. The van der Waals surface area contributed by atoms with Crippen molar-refractivity contribution in [1.82, 2.24) is 10.2 Å². The van der Waals surface area contributed by atoms with E-state index in [1.165, 1.54) is 11.3 Å². The van der Waals surface area contributed by atoms with Gasteiger partial charge in [0.15, 0.2) is 10.4 Å². The summed E-state index contributed by atoms with van der Waals surface area (Å²) in [5, 5.41) is 11.3. The van der Waals surface area contributed by atoms with E-state index in [2.05, 4.69) is 22.4 Å². The monoisotopic (exact) mass is 351 g/mol. The molecule has 0 saturated heterocycles. The fourth-order valence-corrected chi connectivity index (χ4v) is 3.61. The Morgan fingerprint density at radius 2 is 2.13 bits per heavy atom. The van der Waals surface area contributed by atoms with E-state index in [0.717, 1.165) is 27.0 Å². The largest absolute Gasteiger partial charge is 0.480 e. The minimum absolute atomic E-state index is 0.197. The minimum Gasteiger partial charge on any atom is -0.480 e. The van der Waals surface area contributed by atoms with E-state index in [1.807, 2.05) is 39.0 Å². The Hall–Kier alpha value is -1.60. The molecule has 0 aliphatic heterocycles. The number of amides is 1. The lowest BCUT2D eigenvalue weighted by Crippen LogP contribution is -2.32. The molecule has 0 aliphatic rings. The number of aryl methyl sites for hydroxylation is 1. The lowest BCUT2D eigenvalue weighted by atomic mass is 10.1. The van der Waals surface area contributed by atoms with E-state index < -0.39 is 6.10 Å². The molecule has 7 heteroatoms. The third-order valence-electron chi connectivity index (χ3n) is 3.39. The molecule has 0 aliphatic carbocycles. The second kappa shape index (κ2) is 8.31. The van der Waals surface area contributed by atoms with Crippen molar-refractivity contribution in [3.8, 4) is 5.75 Å². The van der Waals surface area contributed by atoms with Gasteiger partial charge in [0.1, 0.15) is 5.75 Å². The molecule has 0 unspecified atom stereocenters. The molecule has 0 bridgehead atoms. The van der Waals surface area contributed by atoms with Gasteiger partial charge < -0.3 is 4.74 Å². The molecule has 0 spiro atoms. The van der Waals surface area contributed by atoms with Crippen LogP contribution in [0, 0.1) is 13.8 Å². The Kier molecular flexibility index (Phi) is 6.41. The van der Waals surface area contributed by atoms with Crippen molar-refractivity contribution in [2.75, 3.05) is 11.1 Å². The van der Waals surface area contributed by atoms with Crippen LogP contribution in [0.5, 0.6) is 5.75 Å². The summed E-state index contributed by atoms with van der Waals surface area (Å²) in [7, 11) is 0. The van der Waals surface area contributed by atoms with Crippen LogP contribution in [0.2, 0.25) is 0 Å². The summed E-state index contributed by atoms with van der Waals surface area (Å²) < 4.78 is 6.76. The zero-order valence-corrected chi connectivity index (χ0v) is 15.4. The number of aromatic nitrogens is 2. The molecule has 2 aromatic rings. The number of thioether (sulfide) groups is 1. The number of rotatable bonds is 7. The fraction of sp³-hybridized carbons (Fsp3) is 0.438. The molecular weight excluding hydrogens is 330 g/mol. The first-order chi connectivity index (χ1) is 11.0. The Morgan fingerprint density at radius 3 is 2.83 bits per heavy atom. The van der Waals surface area contributed by atoms with Crippen LogP contribution in [0.15, 0.2) is 22.5 Å². The van der Waals surface area contributed by atoms with Crippen molar-refractivity contribution in [2.24, 2.45) is 0 Å². The van der Waals surface area contributed by atoms with E-state index in [4.69, 9.17) is 4.74 Å². The number of anilines is 1. The van der Waals surface area contributed by atoms with Gasteiger partial charge in [0, 0.05) is 0 Å². The molecule has 0 saturated carbocycles. The third kappa shape index (κ3) is 4.68. The maximum absolute atomic E-state index is 12.4. The second-order valence-electron chi connectivity index (χ2n) is 5.01. The average molecular weight is 351 g/mol. The van der Waals surface area contributed by atoms with Crippen LogP contribution in [0.25, 0.3) is 0 Å². The van der Waals surface area contributed by atoms with E-state index in [1.54, 1.807) is 11.8 Å². The highest BCUT2D eigenvalue weighted by molar-refractivity contribution is 8.01. The van der Waals surface area contributed by atoms with Crippen LogP contribution < -0.4 is 10.1 Å². The van der Waals surface area contributed by atoms with Crippen molar-refractivity contribution >= 4 is 34.1 Å². The maximum atomic E-state index is 12.4. The zero-order valence-electron chi connectivity index (χ0n) is 13.8. The van der Waals surface area contributed by atoms with Gasteiger partial charge in [-0.15, -0.1) is 10.2 Å². The SMILES string of the molecule is CCSc1nnc(NC(=O)[C@@H](CC)Oc2cccc(C)c2C)s1. The quantitative estimate of drug-likeness (QED) is 0.602. The van der Waals surface area contributed by atoms with Gasteiger partial charge in [-0.3, -0.25) is 10.1 Å². The Morgan fingerprint density at radius 1 is 1.35 bits per heavy atom. The van der Waals surface area contributed by atoms with Gasteiger partial charge in [-0.2, -0.15) is 0 Å². The second-order valence-corrected chi connectivity index (χ2v) is 7.50. The smallest absolute Gasteiger partial charge is 0.267 e. The lowest BCUT2D eigenvalue weighted by molar-refractivity contribution is -0.122. The Bertz CT molecular complexity index is 673. The van der Waals surface area contributed by atoms with E-state index >= 15 is 0 Å². The first-order valence-electron chi connectivity index (χ1n) is 7.55. The summed E-state index contributed by atoms with van der Waals surface area (Å²) in [6, 6.07) is 5.85. The summed E-state index contributed by atoms with van der Waals surface area (Å²) >= 11 is 2.98. The standard InChI is InChI=1S/C16H21N3O2S2/c1-5-12(21-13-9-7-8-10(3)11(13)4)14(20)17-15-18-19-16(23-15)22-6-2/h7-9,12H,5-6H2,1-4H3,(H,17,18,20)/t12-/m1/s1. The highest BCUT2D eigenvalue weighted by Crippen LogP contribution is 2.26. The number of carbonyl (C=O) groups is 1. The Labute approximate surface area is 144 Å². The molecule has 0 radical (unpaired) electrons. The number of benzene rings is 1. The van der Waals surface area contributed by atoms with E-state index in [0.29, 0.717) is 11.6 Å². The first-order valence-corrected chi connectivity index (χ1v) is 9.35. The normalized spacial score (nSPS) is 12.0. The average Bonchev–Trinajstić information content (AvgIpc) is 2.96. The van der Waals surface area contributed by atoms with Crippen LogP contribution in [-0.2, 0) is 4.79 Å². The molecule has 1 aromatic carbocycles. The zero-order chi connectivity index (χ0) is 16.8. The number of hydrogen-bond acceptors (Lipinski definition) is 6. The number of ether oxygens (including phenoxy) is 1. The van der Waals surface area contributed by atoms with Gasteiger partial charge in [0.25, 0.3) is 5.91 Å². The van der Waals surface area contributed by atoms with Gasteiger partial charge >= 0.3 is 0 Å². The molecule has 5 nitrogen and oxygen atoms in total. The Balaban J connectivity index is 2.04. The number of nitrogens with one attached hydrogen (secondary N) is 1. The van der Waals surface area contributed by atoms with Gasteiger partial charge in [-0.1, -0.05) is 49.1 Å². The minimum atomic E-state index is -0.554. The molecule has 1 aromatic heterocycles. The van der Waals surface area contributed by atoms with Gasteiger partial charge in [-0.05, 0) is 43.2 Å². The number of nitrogens with zero attached hydrogens (tertiary/aromatic N) is 2. The lowest BCUT2D eigenvalue weighted by Gasteiger charge is -2.18. The molecule has 124 valence electrons. The van der Waals surface area contributed by atoms with Crippen LogP contribution in [-0.4, -0.2) is 28.0 Å². The fourth-order valence-electron chi connectivity index (χ4n) is 1.96. The maximum Gasteiger partial charge on any atom is 0.267 e. The molecule has 2 rings (SSSR count). The molecule has 1 heterocycles. The summed E-state index contributed by atoms with van der Waals surface area (Å²) in [4.78, 5) is 12.4. The number of hydrogen-bond donors (Lipinski definition) is 1. The van der Waals surface area contributed by atoms with Crippen LogP contribution in [0.4, 0.5) is 5.13 Å². The van der Waals surface area contributed by atoms with Crippen LogP contribution in [0.3, 0.4) is 0 Å². The molecule has 1 atom stereocenters. The third-order valence-corrected chi connectivity index (χ3v) is 5.25. The summed E-state index contributed by atoms with van der Waals surface area (Å²) in [6.07, 6.45) is 0.0240. The van der Waals surface area contributed by atoms with Crippen LogP contribution in [0.1, 0.15) is 31.4 Å². The van der Waals surface area contributed by atoms with Gasteiger partial charge in [0.2, 0.25) is 5.13 Å². The highest BCUT2D eigenvalue weighted by atomic mass is 32.2. The predicted molar refractivity (Wildman–Crippen MR) is 95.6 cm³/mol. The summed E-state index contributed by atoms with van der Waals surface area (Å²) in [5.74, 6) is 1.47. The van der Waals surface area contributed by atoms with Crippen LogP contribution >= 0.6 is 23.1 Å². The van der Waals surface area contributed by atoms with Gasteiger partial charge in [0.05, 0.1) is 0 Å². The van der Waals surface area contributed by atoms with Gasteiger partial charge in [-0.25, -0.2) is 0 Å². The molecule has 0 fully saturated rings. The molecule has 1 amide bonds. The molecular formula is C16H21N3O2S2. The van der Waals surface area contributed by atoms with Crippen molar-refractivity contribution in [2.45, 2.75) is 44.6 Å². The summed E-state index contributed by atoms with van der Waals surface area (Å²) in [5.41, 5.74) is 2.19. The first kappa shape index (κ1) is 17.7. The number of carbonyl (C=O) groups excluding carboxylic acids is 1. The van der Waals surface area contributed by atoms with Crippen molar-refractivity contribution in [3.63, 3.8) is 0 Å². The van der Waals surface area contributed by atoms with Crippen molar-refractivity contribution in [1.29, 1.82) is 0 Å². The molecule has 23 heavy (non-hydrogen) atoms. The highest BCUT2D eigenvalue weighted by Gasteiger charge is 2.21. The predicted octanol–water partition coefficient (Wildman–Crippen LogP) is 4.06. The van der Waals surface area contributed by atoms with E-state index in [-0.39, 0.29) is 5.91 Å².